The molecule has 14 heavy (non-hydrogen) atoms. The zero-order valence-electron chi connectivity index (χ0n) is 8.70. The van der Waals surface area contributed by atoms with E-state index >= 15 is 0 Å². The summed E-state index contributed by atoms with van der Waals surface area (Å²) in [5.74, 6) is 0. The molecule has 1 unspecified atom stereocenters. The molecule has 0 aromatic carbocycles. The summed E-state index contributed by atoms with van der Waals surface area (Å²) in [5, 5.41) is 4.77. The highest BCUT2D eigenvalue weighted by Crippen LogP contribution is 2.24. The number of nitrogens with two attached hydrogens (primary N) is 1. The minimum atomic E-state index is -0.225. The maximum Gasteiger partial charge on any atom is 0.0835 e. The number of rotatable bonds is 4. The molecule has 2 N–H and O–H groups in total. The van der Waals surface area contributed by atoms with Crippen LogP contribution in [0.15, 0.2) is 6.20 Å². The molecule has 0 saturated carbocycles. The fourth-order valence-corrected chi connectivity index (χ4v) is 1.64. The number of hydrogen-bond acceptors (Lipinski definition) is 3. The molecule has 1 heterocycles. The molecule has 1 aromatic rings. The predicted octanol–water partition coefficient (Wildman–Crippen LogP) is 1.76. The highest BCUT2D eigenvalue weighted by molar-refractivity contribution is 6.31. The highest BCUT2D eigenvalue weighted by Gasteiger charge is 2.18. The lowest BCUT2D eigenvalue weighted by Gasteiger charge is -2.16. The van der Waals surface area contributed by atoms with Crippen molar-refractivity contribution in [1.29, 1.82) is 0 Å². The number of aromatic nitrogens is 2. The van der Waals surface area contributed by atoms with Crippen LogP contribution in [0.25, 0.3) is 0 Å². The van der Waals surface area contributed by atoms with Crippen LogP contribution in [0.3, 0.4) is 0 Å². The van der Waals surface area contributed by atoms with Crippen LogP contribution < -0.4 is 5.73 Å². The zero-order chi connectivity index (χ0) is 10.7. The summed E-state index contributed by atoms with van der Waals surface area (Å²) >= 11 is 6.00. The molecule has 0 amide bonds. The minimum absolute atomic E-state index is 0.225. The smallest absolute Gasteiger partial charge is 0.0835 e. The number of halogens is 1. The van der Waals surface area contributed by atoms with Crippen molar-refractivity contribution < 1.29 is 4.74 Å². The third-order valence-corrected chi connectivity index (χ3v) is 2.26. The second kappa shape index (κ2) is 4.77. The highest BCUT2D eigenvalue weighted by atomic mass is 35.5. The monoisotopic (exact) mass is 217 g/mol. The van der Waals surface area contributed by atoms with E-state index in [-0.39, 0.29) is 12.1 Å². The minimum Gasteiger partial charge on any atom is -0.383 e. The number of methoxy groups -OCH3 is 1. The topological polar surface area (TPSA) is 53.1 Å². The Morgan fingerprint density at radius 3 is 2.79 bits per heavy atom. The van der Waals surface area contributed by atoms with Gasteiger partial charge in [-0.3, -0.25) is 4.68 Å². The molecule has 1 aromatic heterocycles. The lowest BCUT2D eigenvalue weighted by Crippen LogP contribution is -2.21. The first-order chi connectivity index (χ1) is 6.57. The van der Waals surface area contributed by atoms with Crippen LogP contribution in [-0.4, -0.2) is 23.5 Å². The summed E-state index contributed by atoms with van der Waals surface area (Å²) in [4.78, 5) is 0. The Labute approximate surface area is 89.0 Å². The third kappa shape index (κ3) is 2.26. The Balaban J connectivity index is 2.98. The fourth-order valence-electron chi connectivity index (χ4n) is 1.37. The average molecular weight is 218 g/mol. The zero-order valence-corrected chi connectivity index (χ0v) is 9.45. The number of nitrogens with zero attached hydrogens (tertiary/aromatic N) is 2. The van der Waals surface area contributed by atoms with Crippen LogP contribution in [0, 0.1) is 0 Å². The van der Waals surface area contributed by atoms with Crippen molar-refractivity contribution in [2.45, 2.75) is 25.9 Å². The van der Waals surface area contributed by atoms with Gasteiger partial charge in [-0.05, 0) is 13.8 Å². The Bertz CT molecular complexity index is 298. The largest absolute Gasteiger partial charge is 0.383 e. The van der Waals surface area contributed by atoms with E-state index in [1.807, 2.05) is 18.5 Å². The molecule has 0 bridgehead atoms. The standard InChI is InChI=1S/C9H16ClN3O/c1-6(2)13-9(7(10)4-12-13)8(11)5-14-3/h4,6,8H,5,11H2,1-3H3. The molecular weight excluding hydrogens is 202 g/mol. The molecule has 1 atom stereocenters. The normalized spacial score (nSPS) is 13.6. The molecule has 0 aliphatic rings. The molecule has 0 fully saturated rings. The number of hydrogen-bond donors (Lipinski definition) is 1. The predicted molar refractivity (Wildman–Crippen MR) is 56.4 cm³/mol. The van der Waals surface area contributed by atoms with E-state index in [0.717, 1.165) is 5.69 Å². The van der Waals surface area contributed by atoms with Gasteiger partial charge in [0.1, 0.15) is 0 Å². The summed E-state index contributed by atoms with van der Waals surface area (Å²) in [6.07, 6.45) is 1.62. The van der Waals surface area contributed by atoms with Gasteiger partial charge >= 0.3 is 0 Å². The van der Waals surface area contributed by atoms with Gasteiger partial charge in [-0.1, -0.05) is 11.6 Å². The van der Waals surface area contributed by atoms with Crippen molar-refractivity contribution in [3.05, 3.63) is 16.9 Å². The summed E-state index contributed by atoms with van der Waals surface area (Å²) in [6.45, 7) is 4.51. The van der Waals surface area contributed by atoms with E-state index in [4.69, 9.17) is 22.1 Å². The van der Waals surface area contributed by atoms with Crippen LogP contribution in [0.4, 0.5) is 0 Å². The van der Waals surface area contributed by atoms with Gasteiger partial charge in [-0.2, -0.15) is 5.10 Å². The summed E-state index contributed by atoms with van der Waals surface area (Å²) in [6, 6.07) is 0.0257. The Kier molecular flexibility index (Phi) is 3.92. The van der Waals surface area contributed by atoms with Crippen molar-refractivity contribution >= 4 is 11.6 Å². The third-order valence-electron chi connectivity index (χ3n) is 1.97. The molecule has 0 aliphatic heterocycles. The van der Waals surface area contributed by atoms with Crippen molar-refractivity contribution in [2.24, 2.45) is 5.73 Å². The first-order valence-electron chi connectivity index (χ1n) is 4.55. The van der Waals surface area contributed by atoms with Crippen molar-refractivity contribution in [3.8, 4) is 0 Å². The van der Waals surface area contributed by atoms with Gasteiger partial charge in [0.2, 0.25) is 0 Å². The molecule has 80 valence electrons. The fraction of sp³-hybridized carbons (Fsp3) is 0.667. The van der Waals surface area contributed by atoms with E-state index in [2.05, 4.69) is 5.10 Å². The van der Waals surface area contributed by atoms with Crippen molar-refractivity contribution in [1.82, 2.24) is 9.78 Å². The molecule has 4 nitrogen and oxygen atoms in total. The maximum absolute atomic E-state index is 6.00. The second-order valence-electron chi connectivity index (χ2n) is 3.48. The Hall–Kier alpha value is -0.580. The summed E-state index contributed by atoms with van der Waals surface area (Å²) < 4.78 is 6.82. The van der Waals surface area contributed by atoms with Gasteiger partial charge in [-0.15, -0.1) is 0 Å². The van der Waals surface area contributed by atoms with E-state index in [1.165, 1.54) is 0 Å². The first-order valence-corrected chi connectivity index (χ1v) is 4.93. The molecular formula is C9H16ClN3O. The molecule has 0 spiro atoms. The van der Waals surface area contributed by atoms with Crippen LogP contribution >= 0.6 is 11.6 Å². The Morgan fingerprint density at radius 1 is 1.64 bits per heavy atom. The van der Waals surface area contributed by atoms with Gasteiger partial charge in [0, 0.05) is 13.2 Å². The van der Waals surface area contributed by atoms with Crippen LogP contribution in [0.1, 0.15) is 31.6 Å². The van der Waals surface area contributed by atoms with Gasteiger partial charge in [0.25, 0.3) is 0 Å². The second-order valence-corrected chi connectivity index (χ2v) is 3.89. The van der Waals surface area contributed by atoms with Gasteiger partial charge in [-0.25, -0.2) is 0 Å². The van der Waals surface area contributed by atoms with Crippen LogP contribution in [0.5, 0.6) is 0 Å². The van der Waals surface area contributed by atoms with E-state index in [1.54, 1.807) is 13.3 Å². The molecule has 0 aliphatic carbocycles. The van der Waals surface area contributed by atoms with E-state index in [0.29, 0.717) is 11.6 Å². The lowest BCUT2D eigenvalue weighted by atomic mass is 10.2. The molecule has 0 radical (unpaired) electrons. The van der Waals surface area contributed by atoms with Gasteiger partial charge in [0.15, 0.2) is 0 Å². The summed E-state index contributed by atoms with van der Waals surface area (Å²) in [5.41, 5.74) is 6.76. The van der Waals surface area contributed by atoms with Crippen LogP contribution in [0.2, 0.25) is 5.02 Å². The number of ether oxygens (including phenoxy) is 1. The van der Waals surface area contributed by atoms with Crippen LogP contribution in [-0.2, 0) is 4.74 Å². The lowest BCUT2D eigenvalue weighted by molar-refractivity contribution is 0.177. The Morgan fingerprint density at radius 2 is 2.29 bits per heavy atom. The molecule has 1 rings (SSSR count). The first kappa shape index (κ1) is 11.5. The maximum atomic E-state index is 6.00. The quantitative estimate of drug-likeness (QED) is 0.836. The molecule has 0 saturated heterocycles. The average Bonchev–Trinajstić information content (AvgIpc) is 2.47. The summed E-state index contributed by atoms with van der Waals surface area (Å²) in [7, 11) is 1.61. The van der Waals surface area contributed by atoms with E-state index in [9.17, 15) is 0 Å². The van der Waals surface area contributed by atoms with E-state index < -0.39 is 0 Å². The molecule has 5 heteroatoms. The van der Waals surface area contributed by atoms with Crippen molar-refractivity contribution in [3.63, 3.8) is 0 Å². The SMILES string of the molecule is COCC(N)c1c(Cl)cnn1C(C)C. The van der Waals surface area contributed by atoms with Gasteiger partial charge in [0.05, 0.1) is 29.6 Å². The van der Waals surface area contributed by atoms with Gasteiger partial charge < -0.3 is 10.5 Å². The van der Waals surface area contributed by atoms with Crippen molar-refractivity contribution in [2.75, 3.05) is 13.7 Å².